The van der Waals surface area contributed by atoms with Crippen molar-refractivity contribution in [3.05, 3.63) is 44.1 Å². The number of nitrogens with zero attached hydrogens (tertiary/aromatic N) is 1. The minimum Gasteiger partial charge on any atom is -0.481 e. The van der Waals surface area contributed by atoms with Crippen LogP contribution in [0.15, 0.2) is 23.8 Å². The summed E-state index contributed by atoms with van der Waals surface area (Å²) in [6.07, 6.45) is 3.16. The van der Waals surface area contributed by atoms with Crippen molar-refractivity contribution in [3.8, 4) is 0 Å². The summed E-state index contributed by atoms with van der Waals surface area (Å²) < 4.78 is 38.2. The molecule has 13 heteroatoms. The molecule has 1 N–H and O–H groups in total. The number of hydrogen-bond donors (Lipinski definition) is 1. The van der Waals surface area contributed by atoms with E-state index in [0.29, 0.717) is 12.8 Å². The molecule has 50 heavy (non-hydrogen) atoms. The Morgan fingerprint density at radius 2 is 1.68 bits per heavy atom. The number of methoxy groups -OCH3 is 1. The summed E-state index contributed by atoms with van der Waals surface area (Å²) in [6.45, 7) is 19.3. The van der Waals surface area contributed by atoms with Gasteiger partial charge in [0.15, 0.2) is 12.3 Å². The number of rotatable bonds is 5. The Labute approximate surface area is 378 Å². The molecule has 2 fully saturated rings. The van der Waals surface area contributed by atoms with Gasteiger partial charge in [0.2, 0.25) is 0 Å². The fraction of sp³-hybridized carbons (Fsp3) is 0.757. The molecule has 12 atom stereocenters. The van der Waals surface area contributed by atoms with Gasteiger partial charge in [0, 0.05) is 123 Å². The number of allylic oxidation sites excluding steroid dienone is 1. The number of Topliss-reactive ketones (excluding diaryl/α,β-unsaturated/α-hetero) is 1. The first-order chi connectivity index (χ1) is 21.5. The molecular weight excluding hydrogens is 869 g/mol. The minimum absolute atomic E-state index is 0. The molecule has 2 bridgehead atoms. The van der Waals surface area contributed by atoms with Gasteiger partial charge in [-0.3, -0.25) is 4.79 Å². The Kier molecular flexibility index (Phi) is 25.1. The average molecular weight is 932 g/mol. The van der Waals surface area contributed by atoms with Gasteiger partial charge in [0.05, 0.1) is 37.1 Å². The molecule has 3 rings (SSSR count). The average Bonchev–Trinajstić information content (AvgIpc) is 2.99. The molecule has 0 aromatic rings. The fourth-order valence-corrected chi connectivity index (χ4v) is 7.78. The number of esters is 1. The molecule has 0 unspecified atom stereocenters. The van der Waals surface area contributed by atoms with Crippen molar-refractivity contribution in [1.82, 2.24) is 4.90 Å². The van der Waals surface area contributed by atoms with E-state index in [9.17, 15) is 14.7 Å². The van der Waals surface area contributed by atoms with E-state index in [2.05, 4.69) is 18.7 Å². The summed E-state index contributed by atoms with van der Waals surface area (Å²) >= 11 is 0. The monoisotopic (exact) mass is 931 g/mol. The van der Waals surface area contributed by atoms with Crippen molar-refractivity contribution >= 4 is 11.8 Å². The van der Waals surface area contributed by atoms with Gasteiger partial charge in [-0.2, -0.15) is 6.92 Å². The molecule has 10 nitrogen and oxygen atoms in total. The van der Waals surface area contributed by atoms with Crippen LogP contribution < -0.4 is 0 Å². The van der Waals surface area contributed by atoms with Crippen LogP contribution in [0.4, 0.5) is 0 Å². The summed E-state index contributed by atoms with van der Waals surface area (Å²) in [5, 5.41) is 12.0. The van der Waals surface area contributed by atoms with Crippen molar-refractivity contribution in [3.63, 3.8) is 0 Å². The molecule has 0 aromatic carbocycles. The Morgan fingerprint density at radius 1 is 1.08 bits per heavy atom. The number of fused-ring (bicyclic) bond motifs is 5. The third-order valence-electron chi connectivity index (χ3n) is 10.3. The van der Waals surface area contributed by atoms with E-state index >= 15 is 0 Å². The first-order valence-corrected chi connectivity index (χ1v) is 16.7. The minimum atomic E-state index is -1.58. The molecule has 0 spiro atoms. The number of ketones is 1. The molecule has 0 aliphatic carbocycles. The number of carbonyl (C=O) groups is 2. The summed E-state index contributed by atoms with van der Waals surface area (Å²) in [4.78, 5) is 29.9. The zero-order valence-corrected chi connectivity index (χ0v) is 41.2. The molecule has 3 aliphatic rings. The summed E-state index contributed by atoms with van der Waals surface area (Å²) in [5.74, 6) is -2.55. The molecule has 0 saturated carbocycles. The van der Waals surface area contributed by atoms with Crippen LogP contribution in [0, 0.1) is 38.0 Å². The molecule has 2 saturated heterocycles. The number of ether oxygens (including phenoxy) is 6. The Balaban J connectivity index is 0. The van der Waals surface area contributed by atoms with Crippen LogP contribution in [0.5, 0.6) is 0 Å². The molecule has 281 valence electrons. The van der Waals surface area contributed by atoms with Crippen LogP contribution in [-0.2, 0) is 136 Å². The third kappa shape index (κ3) is 12.4. The van der Waals surface area contributed by atoms with Gasteiger partial charge >= 0.3 is 0 Å². The summed E-state index contributed by atoms with van der Waals surface area (Å²) in [6, 6.07) is 0.00989. The molecule has 3 aliphatic heterocycles. The van der Waals surface area contributed by atoms with E-state index in [1.54, 1.807) is 21.0 Å². The van der Waals surface area contributed by atoms with Crippen LogP contribution in [0.1, 0.15) is 74.7 Å². The van der Waals surface area contributed by atoms with E-state index < -0.39 is 59.6 Å². The Morgan fingerprint density at radius 3 is 2.22 bits per heavy atom. The first-order valence-electron chi connectivity index (χ1n) is 16.7. The standard InChI is InChI=1S/C36H59NO9.CH3.3Y/c1-13-26-21(3)20-35(8)31(46-34-30(41-12)27(37(10)11)19-22(4)44-34)24(6)29(38)25(7)33(39)45-28(14-2)36(9,40)32(23(26)5)42-17-15-16-18-43-35;;;;/h13,15-16,21-24,27-28,30-32,34,40H,1,14,17-20H2,2-12H3;1H3;;;/q-2;-1;;;/b16-15-,26-13?;;;;/t21-,22-,23+,24+,27+,28-,30-,31-,32-,34+,35-,36-;;;;/m1..../s1. The second-order valence-electron chi connectivity index (χ2n) is 14.1. The van der Waals surface area contributed by atoms with Gasteiger partial charge in [-0.25, -0.2) is 24.5 Å². The van der Waals surface area contributed by atoms with E-state index in [-0.39, 0.29) is 149 Å². The smallest absolute Gasteiger partial charge is 0.186 e. The van der Waals surface area contributed by atoms with Crippen LogP contribution in [-0.4, -0.2) is 110 Å². The van der Waals surface area contributed by atoms with Crippen LogP contribution in [0.3, 0.4) is 0 Å². The third-order valence-corrected chi connectivity index (χ3v) is 10.3. The van der Waals surface area contributed by atoms with Crippen LogP contribution >= 0.6 is 0 Å². The summed E-state index contributed by atoms with van der Waals surface area (Å²) in [5.41, 5.74) is -1.66. The molecular formula is C37H62NO9Y3-3. The Hall–Kier alpha value is 1.39. The molecule has 0 aromatic heterocycles. The second-order valence-corrected chi connectivity index (χ2v) is 14.1. The maximum atomic E-state index is 14.2. The van der Waals surface area contributed by atoms with Crippen LogP contribution in [0.2, 0.25) is 0 Å². The number of likely N-dealkylation sites (N-methyl/N-ethyl adjacent to an activating group) is 1. The van der Waals surface area contributed by atoms with Crippen molar-refractivity contribution < 1.29 is 141 Å². The van der Waals surface area contributed by atoms with Gasteiger partial charge in [-0.05, 0) is 54.1 Å². The largest absolute Gasteiger partial charge is 0.481 e. The first kappa shape index (κ1) is 53.5. The summed E-state index contributed by atoms with van der Waals surface area (Å²) in [7, 11) is 5.64. The quantitative estimate of drug-likeness (QED) is 0.232. The normalized spacial score (nSPS) is 40.3. The zero-order chi connectivity index (χ0) is 34.6. The van der Waals surface area contributed by atoms with Gasteiger partial charge in [0.1, 0.15) is 17.8 Å². The van der Waals surface area contributed by atoms with Crippen LogP contribution in [0.25, 0.3) is 0 Å². The maximum Gasteiger partial charge on any atom is 0.186 e. The maximum absolute atomic E-state index is 14.2. The van der Waals surface area contributed by atoms with Crippen molar-refractivity contribution in [1.29, 1.82) is 0 Å². The van der Waals surface area contributed by atoms with E-state index in [4.69, 9.17) is 28.4 Å². The van der Waals surface area contributed by atoms with Gasteiger partial charge in [-0.15, -0.1) is 0 Å². The number of hydrogen-bond acceptors (Lipinski definition) is 10. The van der Waals surface area contributed by atoms with Crippen molar-refractivity contribution in [2.75, 3.05) is 34.4 Å². The number of cyclic esters (lactones) is 1. The predicted molar refractivity (Wildman–Crippen MR) is 182 cm³/mol. The van der Waals surface area contributed by atoms with Gasteiger partial charge in [-0.1, -0.05) is 51.7 Å². The van der Waals surface area contributed by atoms with Gasteiger partial charge in [0.25, 0.3) is 0 Å². The van der Waals surface area contributed by atoms with E-state index in [1.807, 2.05) is 60.0 Å². The topological polar surface area (TPSA) is 113 Å². The van der Waals surface area contributed by atoms with Crippen molar-refractivity contribution in [2.24, 2.45) is 17.8 Å². The SMILES string of the molecule is [CH2-]C=C1[C@H](C)C[C@@]2(C)OC/C=C\CO[C@H]([C@H]1C)[C@](C)(O)[C@@H](CC)OC(=O)[C-](C)C(=O)[C@H](C)[C@H]2O[C@@H]1O[C@H](C)C[C@H](N(C)C)[C@H]1OC.[CH3-].[Y].[Y].[Y]. The Bertz CT molecular complexity index is 1110. The molecule has 3 heterocycles. The molecule has 3 radical (unpaired) electrons. The zero-order valence-electron chi connectivity index (χ0n) is 32.6. The van der Waals surface area contributed by atoms with Gasteiger partial charge < -0.3 is 50.6 Å². The van der Waals surface area contributed by atoms with E-state index in [1.165, 1.54) is 6.92 Å². The van der Waals surface area contributed by atoms with Crippen molar-refractivity contribution in [2.45, 2.75) is 129 Å². The number of carbonyl (C=O) groups excluding carboxylic acids is 2. The fourth-order valence-electron chi connectivity index (χ4n) is 7.78. The number of aliphatic hydroxyl groups is 1. The van der Waals surface area contributed by atoms with E-state index in [0.717, 1.165) is 12.0 Å². The molecule has 0 amide bonds. The second kappa shape index (κ2) is 23.5. The predicted octanol–water partition coefficient (Wildman–Crippen LogP) is 4.93.